The van der Waals surface area contributed by atoms with Crippen molar-refractivity contribution >= 4 is 5.91 Å². The summed E-state index contributed by atoms with van der Waals surface area (Å²) in [5, 5.41) is 8.87. The number of aliphatic hydroxyl groups is 1. The van der Waals surface area contributed by atoms with E-state index in [0.29, 0.717) is 5.56 Å². The molecule has 0 aliphatic rings. The van der Waals surface area contributed by atoms with Crippen LogP contribution in [0.2, 0.25) is 0 Å². The Hall–Kier alpha value is -1.42. The normalized spacial score (nSPS) is 12.5. The van der Waals surface area contributed by atoms with E-state index in [1.165, 1.54) is 12.1 Å². The fourth-order valence-electron chi connectivity index (χ4n) is 1.14. The molecule has 0 radical (unpaired) electrons. The van der Waals surface area contributed by atoms with Crippen LogP contribution in [0.25, 0.3) is 0 Å². The highest BCUT2D eigenvalue weighted by atomic mass is 19.1. The number of nitrogens with two attached hydrogens (primary N) is 1. The number of hydrogen-bond donors (Lipinski definition) is 2. The zero-order valence-electron chi connectivity index (χ0n) is 7.83. The Morgan fingerprint density at radius 1 is 1.57 bits per heavy atom. The van der Waals surface area contributed by atoms with E-state index in [2.05, 4.69) is 0 Å². The molecular weight excluding hydrogens is 185 g/mol. The third kappa shape index (κ3) is 2.29. The van der Waals surface area contributed by atoms with Gasteiger partial charge in [-0.1, -0.05) is 6.92 Å². The average Bonchev–Trinajstić information content (AvgIpc) is 2.15. The van der Waals surface area contributed by atoms with Crippen molar-refractivity contribution in [2.45, 2.75) is 12.8 Å². The van der Waals surface area contributed by atoms with Gasteiger partial charge in [-0.15, -0.1) is 0 Å². The van der Waals surface area contributed by atoms with Gasteiger partial charge in [0.1, 0.15) is 5.82 Å². The molecule has 1 aromatic carbocycles. The van der Waals surface area contributed by atoms with Gasteiger partial charge in [-0.2, -0.15) is 0 Å². The molecule has 3 N–H and O–H groups in total. The van der Waals surface area contributed by atoms with Gasteiger partial charge in [-0.25, -0.2) is 4.39 Å². The van der Waals surface area contributed by atoms with E-state index in [-0.39, 0.29) is 18.1 Å². The van der Waals surface area contributed by atoms with Crippen molar-refractivity contribution < 1.29 is 14.3 Å². The third-order valence-electron chi connectivity index (χ3n) is 2.05. The van der Waals surface area contributed by atoms with Gasteiger partial charge in [-0.3, -0.25) is 4.79 Å². The van der Waals surface area contributed by atoms with Crippen molar-refractivity contribution in [3.05, 3.63) is 35.1 Å². The van der Waals surface area contributed by atoms with Crippen molar-refractivity contribution in [3.8, 4) is 0 Å². The maximum atomic E-state index is 13.0. The van der Waals surface area contributed by atoms with E-state index in [1.54, 1.807) is 6.92 Å². The van der Waals surface area contributed by atoms with E-state index in [0.717, 1.165) is 6.07 Å². The molecule has 1 rings (SSSR count). The summed E-state index contributed by atoms with van der Waals surface area (Å²) in [7, 11) is 0. The number of carbonyl (C=O) groups is 1. The molecule has 1 aromatic rings. The molecular formula is C10H12FNO2. The van der Waals surface area contributed by atoms with Crippen molar-refractivity contribution in [2.24, 2.45) is 5.73 Å². The van der Waals surface area contributed by atoms with Crippen LogP contribution in [0.1, 0.15) is 28.8 Å². The zero-order chi connectivity index (χ0) is 10.7. The molecule has 4 heteroatoms. The standard InChI is InChI=1S/C10H12FNO2/c1-6(5-13)7-2-8(10(12)14)4-9(11)3-7/h2-4,6,13H,5H2,1H3,(H2,12,14). The first-order chi connectivity index (χ1) is 6.54. The molecule has 1 amide bonds. The second-order valence-electron chi connectivity index (χ2n) is 3.22. The first kappa shape index (κ1) is 10.7. The number of halogens is 1. The lowest BCUT2D eigenvalue weighted by Gasteiger charge is -2.09. The number of rotatable bonds is 3. The second kappa shape index (κ2) is 4.19. The van der Waals surface area contributed by atoms with Crippen molar-refractivity contribution in [1.82, 2.24) is 0 Å². The highest BCUT2D eigenvalue weighted by Gasteiger charge is 2.09. The molecule has 3 nitrogen and oxygen atoms in total. The van der Waals surface area contributed by atoms with Crippen LogP contribution >= 0.6 is 0 Å². The van der Waals surface area contributed by atoms with E-state index in [9.17, 15) is 9.18 Å². The summed E-state index contributed by atoms with van der Waals surface area (Å²) in [6.45, 7) is 1.64. The van der Waals surface area contributed by atoms with Crippen LogP contribution in [0.5, 0.6) is 0 Å². The molecule has 0 saturated carbocycles. The zero-order valence-corrected chi connectivity index (χ0v) is 7.83. The van der Waals surface area contributed by atoms with Gasteiger partial charge in [0, 0.05) is 18.1 Å². The molecule has 14 heavy (non-hydrogen) atoms. The Morgan fingerprint density at radius 2 is 2.21 bits per heavy atom. The SMILES string of the molecule is CC(CO)c1cc(F)cc(C(N)=O)c1. The van der Waals surface area contributed by atoms with E-state index in [1.807, 2.05) is 0 Å². The van der Waals surface area contributed by atoms with Crippen LogP contribution in [-0.4, -0.2) is 17.6 Å². The third-order valence-corrected chi connectivity index (χ3v) is 2.05. The van der Waals surface area contributed by atoms with Crippen LogP contribution in [0.4, 0.5) is 4.39 Å². The summed E-state index contributed by atoms with van der Waals surface area (Å²) in [6, 6.07) is 3.86. The van der Waals surface area contributed by atoms with Crippen LogP contribution < -0.4 is 5.73 Å². The number of aliphatic hydroxyl groups excluding tert-OH is 1. The number of amides is 1. The molecule has 0 spiro atoms. The molecule has 0 saturated heterocycles. The Kier molecular flexibility index (Phi) is 3.19. The van der Waals surface area contributed by atoms with Crippen molar-refractivity contribution in [3.63, 3.8) is 0 Å². The Labute approximate surface area is 81.4 Å². The largest absolute Gasteiger partial charge is 0.396 e. The van der Waals surface area contributed by atoms with Gasteiger partial charge in [-0.05, 0) is 23.8 Å². The maximum Gasteiger partial charge on any atom is 0.248 e. The van der Waals surface area contributed by atoms with Crippen LogP contribution in [0, 0.1) is 5.82 Å². The van der Waals surface area contributed by atoms with Gasteiger partial charge >= 0.3 is 0 Å². The molecule has 1 unspecified atom stereocenters. The summed E-state index contributed by atoms with van der Waals surface area (Å²) >= 11 is 0. The number of hydrogen-bond acceptors (Lipinski definition) is 2. The Bertz CT molecular complexity index is 352. The lowest BCUT2D eigenvalue weighted by Crippen LogP contribution is -2.12. The summed E-state index contributed by atoms with van der Waals surface area (Å²) in [4.78, 5) is 10.8. The van der Waals surface area contributed by atoms with Gasteiger partial charge in [0.2, 0.25) is 5.91 Å². The molecule has 0 aromatic heterocycles. The fraction of sp³-hybridized carbons (Fsp3) is 0.300. The Balaban J connectivity index is 3.13. The van der Waals surface area contributed by atoms with Gasteiger partial charge in [0.05, 0.1) is 0 Å². The van der Waals surface area contributed by atoms with Crippen LogP contribution in [0.15, 0.2) is 18.2 Å². The minimum atomic E-state index is -0.670. The first-order valence-electron chi connectivity index (χ1n) is 4.25. The number of benzene rings is 1. The number of carbonyl (C=O) groups excluding carboxylic acids is 1. The van der Waals surface area contributed by atoms with Gasteiger partial charge < -0.3 is 10.8 Å². The molecule has 0 bridgehead atoms. The molecule has 76 valence electrons. The predicted octanol–water partition coefficient (Wildman–Crippen LogP) is 1.02. The summed E-state index contributed by atoms with van der Waals surface area (Å²) in [5.41, 5.74) is 5.72. The highest BCUT2D eigenvalue weighted by Crippen LogP contribution is 2.17. The first-order valence-corrected chi connectivity index (χ1v) is 4.25. The molecule has 0 fully saturated rings. The monoisotopic (exact) mass is 197 g/mol. The maximum absolute atomic E-state index is 13.0. The minimum absolute atomic E-state index is 0.0956. The summed E-state index contributed by atoms with van der Waals surface area (Å²) in [6.07, 6.45) is 0. The topological polar surface area (TPSA) is 63.3 Å². The lowest BCUT2D eigenvalue weighted by atomic mass is 9.99. The fourth-order valence-corrected chi connectivity index (χ4v) is 1.14. The lowest BCUT2D eigenvalue weighted by molar-refractivity contribution is 0.0999. The Morgan fingerprint density at radius 3 is 2.71 bits per heavy atom. The molecule has 0 aliphatic carbocycles. The quantitative estimate of drug-likeness (QED) is 0.759. The summed E-state index contributed by atoms with van der Waals surface area (Å²) in [5.74, 6) is -1.39. The number of primary amides is 1. The van der Waals surface area contributed by atoms with Gasteiger partial charge in [0.15, 0.2) is 0 Å². The van der Waals surface area contributed by atoms with Crippen molar-refractivity contribution in [2.75, 3.05) is 6.61 Å². The van der Waals surface area contributed by atoms with E-state index >= 15 is 0 Å². The second-order valence-corrected chi connectivity index (χ2v) is 3.22. The molecule has 0 heterocycles. The van der Waals surface area contributed by atoms with Crippen LogP contribution in [-0.2, 0) is 0 Å². The highest BCUT2D eigenvalue weighted by molar-refractivity contribution is 5.92. The smallest absolute Gasteiger partial charge is 0.248 e. The molecule has 1 atom stereocenters. The van der Waals surface area contributed by atoms with Crippen LogP contribution in [0.3, 0.4) is 0 Å². The predicted molar refractivity (Wildman–Crippen MR) is 50.4 cm³/mol. The average molecular weight is 197 g/mol. The van der Waals surface area contributed by atoms with Gasteiger partial charge in [0.25, 0.3) is 0 Å². The van der Waals surface area contributed by atoms with E-state index < -0.39 is 11.7 Å². The molecule has 0 aliphatic heterocycles. The van der Waals surface area contributed by atoms with E-state index in [4.69, 9.17) is 10.8 Å². The minimum Gasteiger partial charge on any atom is -0.396 e. The van der Waals surface area contributed by atoms with Crippen molar-refractivity contribution in [1.29, 1.82) is 0 Å². The summed E-state index contributed by atoms with van der Waals surface area (Å²) < 4.78 is 13.0.